The van der Waals surface area contributed by atoms with Gasteiger partial charge in [0.25, 0.3) is 5.91 Å². The van der Waals surface area contributed by atoms with E-state index in [9.17, 15) is 9.59 Å². The first-order valence-corrected chi connectivity index (χ1v) is 7.32. The summed E-state index contributed by atoms with van der Waals surface area (Å²) in [6.07, 6.45) is 0. The van der Waals surface area contributed by atoms with Crippen LogP contribution in [0, 0.1) is 13.8 Å². The Hall–Kier alpha value is -2.63. The number of carbonyl (C=O) groups is 2. The Balaban J connectivity index is 2.26. The summed E-state index contributed by atoms with van der Waals surface area (Å²) in [5.41, 5.74) is 2.21. The number of carboxylic acids is 1. The van der Waals surface area contributed by atoms with Crippen LogP contribution in [0.4, 0.5) is 5.69 Å². The van der Waals surface area contributed by atoms with Crippen molar-refractivity contribution in [3.63, 3.8) is 0 Å². The van der Waals surface area contributed by atoms with E-state index in [1.807, 2.05) is 27.7 Å². The number of aryl methyl sites for hydroxylation is 2. The Kier molecular flexibility index (Phi) is 4.27. The molecule has 0 unspecified atom stereocenters. The van der Waals surface area contributed by atoms with Crippen molar-refractivity contribution in [1.82, 2.24) is 9.78 Å². The van der Waals surface area contributed by atoms with Crippen LogP contribution in [0.3, 0.4) is 0 Å². The number of amides is 1. The maximum absolute atomic E-state index is 12.3. The van der Waals surface area contributed by atoms with Crippen molar-refractivity contribution < 1.29 is 14.7 Å². The van der Waals surface area contributed by atoms with Crippen LogP contribution < -0.4 is 5.32 Å². The highest BCUT2D eigenvalue weighted by Gasteiger charge is 2.20. The van der Waals surface area contributed by atoms with Crippen LogP contribution in [0.1, 0.15) is 52.9 Å². The minimum atomic E-state index is -1.02. The van der Waals surface area contributed by atoms with Gasteiger partial charge in [-0.25, -0.2) is 4.79 Å². The second-order valence-corrected chi connectivity index (χ2v) is 6.54. The van der Waals surface area contributed by atoms with Crippen LogP contribution in [0.2, 0.25) is 0 Å². The van der Waals surface area contributed by atoms with Crippen molar-refractivity contribution in [3.05, 3.63) is 46.8 Å². The molecule has 23 heavy (non-hydrogen) atoms. The number of carbonyl (C=O) groups excluding carboxylic acids is 1. The van der Waals surface area contributed by atoms with Gasteiger partial charge in [0.15, 0.2) is 5.69 Å². The van der Waals surface area contributed by atoms with Crippen LogP contribution in [0.5, 0.6) is 0 Å². The molecule has 0 spiro atoms. The second kappa shape index (κ2) is 5.87. The molecule has 6 heteroatoms. The van der Waals surface area contributed by atoms with Crippen LogP contribution in [-0.2, 0) is 5.54 Å². The average Bonchev–Trinajstić information content (AvgIpc) is 2.83. The van der Waals surface area contributed by atoms with Crippen LogP contribution in [-0.4, -0.2) is 26.8 Å². The lowest BCUT2D eigenvalue weighted by molar-refractivity contribution is 0.0695. The minimum absolute atomic E-state index is 0.166. The van der Waals surface area contributed by atoms with Gasteiger partial charge >= 0.3 is 5.97 Å². The van der Waals surface area contributed by atoms with E-state index in [0.29, 0.717) is 16.9 Å². The fourth-order valence-corrected chi connectivity index (χ4v) is 2.39. The van der Waals surface area contributed by atoms with Crippen LogP contribution in [0.15, 0.2) is 24.3 Å². The third kappa shape index (κ3) is 3.59. The number of nitrogens with zero attached hydrogens (tertiary/aromatic N) is 2. The predicted octanol–water partition coefficient (Wildman–Crippen LogP) is 3.21. The standard InChI is InChI=1S/C17H21N3O3/c1-10-6-7-12(9-13(10)16(22)23)18-15(21)14-8-11(2)20(19-14)17(3,4)5/h6-9H,1-5H3,(H,18,21)(H,22,23). The number of nitrogens with one attached hydrogen (secondary N) is 1. The summed E-state index contributed by atoms with van der Waals surface area (Å²) in [6.45, 7) is 9.63. The molecule has 122 valence electrons. The normalized spacial score (nSPS) is 11.3. The van der Waals surface area contributed by atoms with E-state index in [4.69, 9.17) is 5.11 Å². The molecule has 0 aliphatic heterocycles. The van der Waals surface area contributed by atoms with Gasteiger partial charge in [-0.3, -0.25) is 9.48 Å². The molecule has 1 heterocycles. The fourth-order valence-electron chi connectivity index (χ4n) is 2.39. The number of aromatic carboxylic acids is 1. The highest BCUT2D eigenvalue weighted by molar-refractivity contribution is 6.03. The monoisotopic (exact) mass is 315 g/mol. The van der Waals surface area contributed by atoms with Gasteiger partial charge < -0.3 is 10.4 Å². The van der Waals surface area contributed by atoms with E-state index in [-0.39, 0.29) is 17.0 Å². The molecular formula is C17H21N3O3. The summed E-state index contributed by atoms with van der Waals surface area (Å²) in [5.74, 6) is -1.39. The molecule has 0 aliphatic rings. The number of benzene rings is 1. The van der Waals surface area contributed by atoms with E-state index >= 15 is 0 Å². The molecular weight excluding hydrogens is 294 g/mol. The quantitative estimate of drug-likeness (QED) is 0.911. The summed E-state index contributed by atoms with van der Waals surface area (Å²) in [5, 5.41) is 16.2. The first-order chi connectivity index (χ1) is 10.6. The lowest BCUT2D eigenvalue weighted by Gasteiger charge is -2.21. The molecule has 0 atom stereocenters. The molecule has 2 aromatic rings. The Morgan fingerprint density at radius 1 is 1.17 bits per heavy atom. The number of carboxylic acid groups (broad SMARTS) is 1. The van der Waals surface area contributed by atoms with Gasteiger partial charge in [-0.1, -0.05) is 6.07 Å². The summed E-state index contributed by atoms with van der Waals surface area (Å²) in [4.78, 5) is 23.5. The van der Waals surface area contributed by atoms with Crippen molar-refractivity contribution in [2.24, 2.45) is 0 Å². The van der Waals surface area contributed by atoms with E-state index in [1.165, 1.54) is 6.07 Å². The average molecular weight is 315 g/mol. The molecule has 1 amide bonds. The molecule has 2 rings (SSSR count). The molecule has 2 N–H and O–H groups in total. The van der Waals surface area contributed by atoms with Crippen molar-refractivity contribution >= 4 is 17.6 Å². The Labute approximate surface area is 135 Å². The molecule has 1 aromatic heterocycles. The van der Waals surface area contributed by atoms with Gasteiger partial charge in [0, 0.05) is 11.4 Å². The molecule has 0 aliphatic carbocycles. The van der Waals surface area contributed by atoms with Crippen molar-refractivity contribution in [1.29, 1.82) is 0 Å². The predicted molar refractivity (Wildman–Crippen MR) is 88.1 cm³/mol. The maximum atomic E-state index is 12.3. The van der Waals surface area contributed by atoms with E-state index < -0.39 is 5.97 Å². The number of anilines is 1. The lowest BCUT2D eigenvalue weighted by Crippen LogP contribution is -2.25. The first-order valence-electron chi connectivity index (χ1n) is 7.32. The van der Waals surface area contributed by atoms with Crippen molar-refractivity contribution in [3.8, 4) is 0 Å². The summed E-state index contributed by atoms with van der Waals surface area (Å²) >= 11 is 0. The van der Waals surface area contributed by atoms with Gasteiger partial charge in [0.1, 0.15) is 0 Å². The molecule has 0 fully saturated rings. The maximum Gasteiger partial charge on any atom is 0.336 e. The Morgan fingerprint density at radius 2 is 1.83 bits per heavy atom. The Bertz CT molecular complexity index is 770. The zero-order valence-corrected chi connectivity index (χ0v) is 14.0. The largest absolute Gasteiger partial charge is 0.478 e. The minimum Gasteiger partial charge on any atom is -0.478 e. The number of hydrogen-bond acceptors (Lipinski definition) is 3. The van der Waals surface area contributed by atoms with Crippen LogP contribution in [0.25, 0.3) is 0 Å². The number of rotatable bonds is 3. The van der Waals surface area contributed by atoms with E-state index in [0.717, 1.165) is 5.69 Å². The molecule has 1 aromatic carbocycles. The highest BCUT2D eigenvalue weighted by atomic mass is 16.4. The number of aromatic nitrogens is 2. The zero-order valence-electron chi connectivity index (χ0n) is 14.0. The van der Waals surface area contributed by atoms with Crippen LogP contribution >= 0.6 is 0 Å². The fraction of sp³-hybridized carbons (Fsp3) is 0.353. The van der Waals surface area contributed by atoms with Crippen molar-refractivity contribution in [2.75, 3.05) is 5.32 Å². The van der Waals surface area contributed by atoms with Gasteiger partial charge in [0.2, 0.25) is 0 Å². The molecule has 6 nitrogen and oxygen atoms in total. The third-order valence-electron chi connectivity index (χ3n) is 3.48. The number of hydrogen-bond donors (Lipinski definition) is 2. The van der Waals surface area contributed by atoms with Gasteiger partial charge in [-0.05, 0) is 58.4 Å². The van der Waals surface area contributed by atoms with Gasteiger partial charge in [-0.2, -0.15) is 5.10 Å². The highest BCUT2D eigenvalue weighted by Crippen LogP contribution is 2.19. The third-order valence-corrected chi connectivity index (χ3v) is 3.48. The summed E-state index contributed by atoms with van der Waals surface area (Å²) in [6, 6.07) is 6.50. The lowest BCUT2D eigenvalue weighted by atomic mass is 10.1. The SMILES string of the molecule is Cc1ccc(NC(=O)c2cc(C)n(C(C)(C)C)n2)cc1C(=O)O. The first kappa shape index (κ1) is 16.7. The zero-order chi connectivity index (χ0) is 17.4. The molecule has 0 bridgehead atoms. The van der Waals surface area contributed by atoms with Gasteiger partial charge in [-0.15, -0.1) is 0 Å². The molecule has 0 saturated heterocycles. The summed E-state index contributed by atoms with van der Waals surface area (Å²) in [7, 11) is 0. The van der Waals surface area contributed by atoms with E-state index in [1.54, 1.807) is 29.8 Å². The summed E-state index contributed by atoms with van der Waals surface area (Å²) < 4.78 is 1.79. The molecule has 0 radical (unpaired) electrons. The smallest absolute Gasteiger partial charge is 0.336 e. The van der Waals surface area contributed by atoms with E-state index in [2.05, 4.69) is 10.4 Å². The second-order valence-electron chi connectivity index (χ2n) is 6.54. The van der Waals surface area contributed by atoms with Crippen molar-refractivity contribution in [2.45, 2.75) is 40.2 Å². The molecule has 0 saturated carbocycles. The van der Waals surface area contributed by atoms with Gasteiger partial charge in [0.05, 0.1) is 11.1 Å². The topological polar surface area (TPSA) is 84.2 Å². The Morgan fingerprint density at radius 3 is 2.35 bits per heavy atom.